The molecule has 5 heavy (non-hydrogen) atoms. The van der Waals surface area contributed by atoms with Crippen LogP contribution in [0.4, 0.5) is 9.18 Å². The summed E-state index contributed by atoms with van der Waals surface area (Å²) in [7, 11) is 0. The predicted molar refractivity (Wildman–Crippen MR) is 9.13 cm³/mol. The molecule has 26 valence electrons. The molecule has 4 heteroatoms. The van der Waals surface area contributed by atoms with Gasteiger partial charge in [0.15, 0.2) is 0 Å². The third-order valence-electron chi connectivity index (χ3n) is 0. The minimum atomic E-state index is -2.33. The van der Waals surface area contributed by atoms with Gasteiger partial charge in [0.25, 0.3) is 0 Å². The Morgan fingerprint density at radius 1 is 1.80 bits per heavy atom. The predicted octanol–water partition coefficient (Wildman–Crippen LogP) is 0.631. The first-order valence-corrected chi connectivity index (χ1v) is 0.617. The molecule has 0 aromatic carbocycles. The van der Waals surface area contributed by atoms with Crippen molar-refractivity contribution in [1.29, 1.82) is 0 Å². The number of rotatable bonds is 0. The second-order valence-corrected chi connectivity index (χ2v) is 0.253. The minimum Gasteiger partial charge on any atom is -0.456 e. The van der Waals surface area contributed by atoms with Gasteiger partial charge in [-0.1, -0.05) is 0 Å². The van der Waals surface area contributed by atoms with Crippen molar-refractivity contribution in [3.63, 3.8) is 0 Å². The zero-order valence-corrected chi connectivity index (χ0v) is 5.41. The van der Waals surface area contributed by atoms with Crippen LogP contribution in [0.15, 0.2) is 0 Å². The van der Waals surface area contributed by atoms with Gasteiger partial charge in [0.05, 0.1) is 0 Å². The molecule has 0 saturated heterocycles. The van der Waals surface area contributed by atoms with Crippen molar-refractivity contribution in [2.75, 3.05) is 0 Å². The van der Waals surface area contributed by atoms with E-state index in [1.54, 1.807) is 0 Å². The summed E-state index contributed by atoms with van der Waals surface area (Å²) in [5, 5.41) is 6.75. The Morgan fingerprint density at radius 3 is 1.80 bits per heavy atom. The fourth-order valence-electron chi connectivity index (χ4n) is 0. The van der Waals surface area contributed by atoms with E-state index in [2.05, 4.69) is 0 Å². The molecular formula is CHFO2Zn. The molecule has 0 bridgehead atoms. The Bertz CT molecular complexity index is 32.6. The van der Waals surface area contributed by atoms with E-state index in [9.17, 15) is 4.39 Å². The Balaban J connectivity index is 0. The van der Waals surface area contributed by atoms with Crippen LogP contribution in [-0.2, 0) is 19.5 Å². The van der Waals surface area contributed by atoms with Gasteiger partial charge in [-0.2, -0.15) is 0 Å². The van der Waals surface area contributed by atoms with Crippen molar-refractivity contribution in [2.45, 2.75) is 0 Å². The van der Waals surface area contributed by atoms with Gasteiger partial charge in [-0.3, -0.25) is 0 Å². The number of hydrogen-bond donors (Lipinski definition) is 1. The molecule has 0 heterocycles. The van der Waals surface area contributed by atoms with Crippen LogP contribution in [0, 0.1) is 0 Å². The Morgan fingerprint density at radius 2 is 1.80 bits per heavy atom. The van der Waals surface area contributed by atoms with Gasteiger partial charge >= 0.3 is 6.22 Å². The van der Waals surface area contributed by atoms with Gasteiger partial charge in [0.2, 0.25) is 0 Å². The quantitative estimate of drug-likeness (QED) is 0.385. The Kier molecular flexibility index (Phi) is 7.16. The summed E-state index contributed by atoms with van der Waals surface area (Å²) in [6.45, 7) is 0. The third-order valence-corrected chi connectivity index (χ3v) is 0. The normalized spacial score (nSPS) is 5.00. The topological polar surface area (TPSA) is 37.3 Å². The average Bonchev–Trinajstić information content (AvgIpc) is 0.811. The number of hydrogen-bond acceptors (Lipinski definition) is 1. The molecule has 0 spiro atoms. The molecular weight excluding hydrogens is 128 g/mol. The summed E-state index contributed by atoms with van der Waals surface area (Å²) in [6, 6.07) is 0. The van der Waals surface area contributed by atoms with Crippen molar-refractivity contribution >= 4 is 6.22 Å². The maximum atomic E-state index is 9.92. The second kappa shape index (κ2) is 4.02. The molecule has 0 aliphatic rings. The van der Waals surface area contributed by atoms with Gasteiger partial charge in [-0.05, 0) is 0 Å². The van der Waals surface area contributed by atoms with Gasteiger partial charge in [-0.25, -0.2) is 4.79 Å². The molecule has 2 nitrogen and oxygen atoms in total. The van der Waals surface area contributed by atoms with Crippen molar-refractivity contribution in [3.8, 4) is 0 Å². The van der Waals surface area contributed by atoms with E-state index in [1.165, 1.54) is 0 Å². The molecule has 0 rings (SSSR count). The van der Waals surface area contributed by atoms with Crippen LogP contribution in [0.25, 0.3) is 0 Å². The van der Waals surface area contributed by atoms with Crippen LogP contribution >= 0.6 is 0 Å². The van der Waals surface area contributed by atoms with Crippen molar-refractivity contribution in [3.05, 3.63) is 0 Å². The van der Waals surface area contributed by atoms with E-state index in [0.717, 1.165) is 0 Å². The van der Waals surface area contributed by atoms with Crippen LogP contribution in [0.1, 0.15) is 0 Å². The molecule has 0 aliphatic carbocycles. The molecule has 0 fully saturated rings. The molecule has 0 aliphatic heterocycles. The van der Waals surface area contributed by atoms with Crippen molar-refractivity contribution < 1.29 is 33.8 Å². The maximum Gasteiger partial charge on any atom is 0.492 e. The van der Waals surface area contributed by atoms with Crippen molar-refractivity contribution in [1.82, 2.24) is 0 Å². The Hall–Kier alpha value is 0.0234. The standard InChI is InChI=1S/CHFO2.Zn/c2-1(3)4;/h(H,3,4);. The number of halogens is 1. The zero-order valence-electron chi connectivity index (χ0n) is 2.44. The van der Waals surface area contributed by atoms with Gasteiger partial charge in [0.1, 0.15) is 0 Å². The fourth-order valence-corrected chi connectivity index (χ4v) is 0. The molecule has 0 saturated carbocycles. The largest absolute Gasteiger partial charge is 0.492 e. The van der Waals surface area contributed by atoms with Gasteiger partial charge in [-0.15, -0.1) is 4.39 Å². The van der Waals surface area contributed by atoms with E-state index < -0.39 is 6.22 Å². The van der Waals surface area contributed by atoms with Gasteiger partial charge < -0.3 is 5.11 Å². The molecule has 0 unspecified atom stereocenters. The van der Waals surface area contributed by atoms with Crippen molar-refractivity contribution in [2.24, 2.45) is 0 Å². The van der Waals surface area contributed by atoms with E-state index in [-0.39, 0.29) is 19.5 Å². The smallest absolute Gasteiger partial charge is 0.456 e. The molecule has 0 amide bonds. The van der Waals surface area contributed by atoms with E-state index >= 15 is 0 Å². The van der Waals surface area contributed by atoms with Crippen LogP contribution in [-0.4, -0.2) is 11.3 Å². The molecule has 0 aromatic heterocycles. The zero-order chi connectivity index (χ0) is 3.58. The summed E-state index contributed by atoms with van der Waals surface area (Å²) in [5.41, 5.74) is 0. The van der Waals surface area contributed by atoms with Crippen LogP contribution < -0.4 is 0 Å². The number of carboxylic acid groups (broad SMARTS) is 1. The summed E-state index contributed by atoms with van der Waals surface area (Å²) in [5.74, 6) is 0. The first kappa shape index (κ1) is 8.90. The van der Waals surface area contributed by atoms with E-state index in [4.69, 9.17) is 9.90 Å². The Labute approximate surface area is 40.7 Å². The van der Waals surface area contributed by atoms with Crippen LogP contribution in [0.3, 0.4) is 0 Å². The summed E-state index contributed by atoms with van der Waals surface area (Å²) < 4.78 is 9.92. The van der Waals surface area contributed by atoms with E-state index in [1.807, 2.05) is 0 Å². The molecule has 0 atom stereocenters. The SMILES string of the molecule is O=C(O)F.[Zn]. The second-order valence-electron chi connectivity index (χ2n) is 0.253. The van der Waals surface area contributed by atoms with E-state index in [0.29, 0.717) is 0 Å². The first-order chi connectivity index (χ1) is 1.73. The third kappa shape index (κ3) is 30100. The summed E-state index contributed by atoms with van der Waals surface area (Å²) in [4.78, 5) is 8.33. The van der Waals surface area contributed by atoms with Crippen LogP contribution in [0.2, 0.25) is 0 Å². The molecule has 1 N–H and O–H groups in total. The monoisotopic (exact) mass is 128 g/mol. The molecule has 0 aromatic rings. The average molecular weight is 129 g/mol. The summed E-state index contributed by atoms with van der Waals surface area (Å²) >= 11 is 0. The first-order valence-electron chi connectivity index (χ1n) is 0.617. The maximum absolute atomic E-state index is 9.92. The fraction of sp³-hybridized carbons (Fsp3) is 0. The minimum absolute atomic E-state index is 0. The summed E-state index contributed by atoms with van der Waals surface area (Å²) in [6.07, 6.45) is -2.33. The van der Waals surface area contributed by atoms with Gasteiger partial charge in [0, 0.05) is 19.5 Å². The number of carbonyl (C=O) groups is 1. The van der Waals surface area contributed by atoms with Crippen LogP contribution in [0.5, 0.6) is 0 Å². The molecule has 0 radical (unpaired) electrons.